The third-order valence-electron chi connectivity index (χ3n) is 2.32. The number of rotatable bonds is 5. The van der Waals surface area contributed by atoms with Crippen LogP contribution >= 0.6 is 0 Å². The number of benzene rings is 1. The summed E-state index contributed by atoms with van der Waals surface area (Å²) >= 11 is 0. The van der Waals surface area contributed by atoms with Crippen LogP contribution in [0.25, 0.3) is 0 Å². The maximum atomic E-state index is 11.6. The Kier molecular flexibility index (Phi) is 5.00. The zero-order valence-corrected chi connectivity index (χ0v) is 9.82. The van der Waals surface area contributed by atoms with Crippen molar-refractivity contribution in [1.82, 2.24) is 10.6 Å². The summed E-state index contributed by atoms with van der Waals surface area (Å²) in [4.78, 5) is 22.5. The van der Waals surface area contributed by atoms with Crippen LogP contribution in [0, 0.1) is 0 Å². The molecule has 0 saturated carbocycles. The van der Waals surface area contributed by atoms with E-state index in [4.69, 9.17) is 5.73 Å². The van der Waals surface area contributed by atoms with Crippen LogP contribution in [0.5, 0.6) is 0 Å². The van der Waals surface area contributed by atoms with E-state index in [1.54, 1.807) is 31.3 Å². The standard InChI is InChI=1S/C12H17N3O2/c1-14-11(16)3-2-8-15-12(17)9-4-6-10(13)7-5-9/h4-7H,2-3,8,13H2,1H3,(H,14,16)(H,15,17). The molecule has 0 unspecified atom stereocenters. The van der Waals surface area contributed by atoms with Crippen molar-refractivity contribution in [2.24, 2.45) is 0 Å². The molecule has 2 amide bonds. The SMILES string of the molecule is CNC(=O)CCCNC(=O)c1ccc(N)cc1. The van der Waals surface area contributed by atoms with Gasteiger partial charge in [0.25, 0.3) is 5.91 Å². The number of nitrogen functional groups attached to an aromatic ring is 1. The van der Waals surface area contributed by atoms with Crippen LogP contribution in [0.1, 0.15) is 23.2 Å². The van der Waals surface area contributed by atoms with E-state index in [0.29, 0.717) is 30.6 Å². The van der Waals surface area contributed by atoms with Gasteiger partial charge in [0.15, 0.2) is 0 Å². The van der Waals surface area contributed by atoms with Crippen LogP contribution in [0.2, 0.25) is 0 Å². The molecule has 1 rings (SSSR count). The minimum absolute atomic E-state index is 0.0215. The lowest BCUT2D eigenvalue weighted by molar-refractivity contribution is -0.120. The Morgan fingerprint density at radius 3 is 2.47 bits per heavy atom. The number of hydrogen-bond donors (Lipinski definition) is 3. The maximum Gasteiger partial charge on any atom is 0.251 e. The molecule has 0 aliphatic rings. The highest BCUT2D eigenvalue weighted by Gasteiger charge is 2.04. The summed E-state index contributed by atoms with van der Waals surface area (Å²) in [6.45, 7) is 0.483. The first-order valence-corrected chi connectivity index (χ1v) is 5.48. The summed E-state index contributed by atoms with van der Waals surface area (Å²) in [5.41, 5.74) is 6.72. The molecule has 0 aliphatic heterocycles. The van der Waals surface area contributed by atoms with Crippen LogP contribution < -0.4 is 16.4 Å². The van der Waals surface area contributed by atoms with Gasteiger partial charge in [0, 0.05) is 31.3 Å². The molecule has 5 heteroatoms. The largest absolute Gasteiger partial charge is 0.399 e. The average Bonchev–Trinajstić information content (AvgIpc) is 2.34. The molecule has 1 aromatic carbocycles. The van der Waals surface area contributed by atoms with E-state index < -0.39 is 0 Å². The first-order valence-electron chi connectivity index (χ1n) is 5.48. The van der Waals surface area contributed by atoms with Gasteiger partial charge in [-0.05, 0) is 30.7 Å². The lowest BCUT2D eigenvalue weighted by atomic mass is 10.2. The highest BCUT2D eigenvalue weighted by Crippen LogP contribution is 2.05. The molecule has 0 fully saturated rings. The number of nitrogens with two attached hydrogens (primary N) is 1. The van der Waals surface area contributed by atoms with Crippen molar-refractivity contribution in [3.63, 3.8) is 0 Å². The lowest BCUT2D eigenvalue weighted by Crippen LogP contribution is -2.26. The number of carbonyl (C=O) groups is 2. The Hall–Kier alpha value is -2.04. The Bertz CT molecular complexity index is 387. The second-order valence-electron chi connectivity index (χ2n) is 3.65. The number of amides is 2. The van der Waals surface area contributed by atoms with E-state index in [0.717, 1.165) is 0 Å². The molecule has 1 aromatic rings. The second-order valence-corrected chi connectivity index (χ2v) is 3.65. The first kappa shape index (κ1) is 13.0. The zero-order valence-electron chi connectivity index (χ0n) is 9.82. The number of nitrogens with one attached hydrogen (secondary N) is 2. The van der Waals surface area contributed by atoms with E-state index in [9.17, 15) is 9.59 Å². The molecule has 0 spiro atoms. The van der Waals surface area contributed by atoms with Crippen molar-refractivity contribution in [3.05, 3.63) is 29.8 Å². The van der Waals surface area contributed by atoms with Crippen molar-refractivity contribution in [1.29, 1.82) is 0 Å². The Morgan fingerprint density at radius 2 is 1.88 bits per heavy atom. The van der Waals surface area contributed by atoms with Gasteiger partial charge in [-0.2, -0.15) is 0 Å². The fraction of sp³-hybridized carbons (Fsp3) is 0.333. The highest BCUT2D eigenvalue weighted by atomic mass is 16.2. The van der Waals surface area contributed by atoms with Crippen LogP contribution in [-0.2, 0) is 4.79 Å². The quantitative estimate of drug-likeness (QED) is 0.514. The van der Waals surface area contributed by atoms with Gasteiger partial charge in [0.2, 0.25) is 5.91 Å². The molecular weight excluding hydrogens is 218 g/mol. The molecular formula is C12H17N3O2. The summed E-state index contributed by atoms with van der Waals surface area (Å²) in [6, 6.07) is 6.70. The van der Waals surface area contributed by atoms with Crippen molar-refractivity contribution in [2.75, 3.05) is 19.3 Å². The Morgan fingerprint density at radius 1 is 1.24 bits per heavy atom. The van der Waals surface area contributed by atoms with Gasteiger partial charge in [-0.1, -0.05) is 0 Å². The van der Waals surface area contributed by atoms with Crippen molar-refractivity contribution in [3.8, 4) is 0 Å². The summed E-state index contributed by atoms with van der Waals surface area (Å²) in [6.07, 6.45) is 1.04. The fourth-order valence-electron chi connectivity index (χ4n) is 1.31. The number of carbonyl (C=O) groups excluding carboxylic acids is 2. The van der Waals surface area contributed by atoms with Crippen LogP contribution in [0.4, 0.5) is 5.69 Å². The molecule has 0 saturated heterocycles. The number of hydrogen-bond acceptors (Lipinski definition) is 3. The van der Waals surface area contributed by atoms with Gasteiger partial charge in [-0.15, -0.1) is 0 Å². The van der Waals surface area contributed by atoms with Gasteiger partial charge >= 0.3 is 0 Å². The summed E-state index contributed by atoms with van der Waals surface area (Å²) in [5, 5.41) is 5.26. The molecule has 0 aromatic heterocycles. The second kappa shape index (κ2) is 6.52. The first-order chi connectivity index (χ1) is 8.13. The summed E-state index contributed by atoms with van der Waals surface area (Å²) in [7, 11) is 1.59. The predicted molar refractivity (Wildman–Crippen MR) is 66.5 cm³/mol. The van der Waals surface area contributed by atoms with Gasteiger partial charge in [0.1, 0.15) is 0 Å². The van der Waals surface area contributed by atoms with Crippen molar-refractivity contribution < 1.29 is 9.59 Å². The van der Waals surface area contributed by atoms with Crippen LogP contribution in [0.3, 0.4) is 0 Å². The van der Waals surface area contributed by atoms with Crippen molar-refractivity contribution in [2.45, 2.75) is 12.8 Å². The third kappa shape index (κ3) is 4.55. The molecule has 0 heterocycles. The summed E-state index contributed by atoms with van der Waals surface area (Å²) in [5.74, 6) is -0.173. The molecule has 0 bridgehead atoms. The van der Waals surface area contributed by atoms with Gasteiger partial charge in [0.05, 0.1) is 0 Å². The van der Waals surface area contributed by atoms with E-state index in [1.807, 2.05) is 0 Å². The van der Waals surface area contributed by atoms with Gasteiger partial charge in [-0.25, -0.2) is 0 Å². The van der Waals surface area contributed by atoms with E-state index in [-0.39, 0.29) is 11.8 Å². The molecule has 4 N–H and O–H groups in total. The molecule has 92 valence electrons. The van der Waals surface area contributed by atoms with E-state index >= 15 is 0 Å². The summed E-state index contributed by atoms with van der Waals surface area (Å²) < 4.78 is 0. The minimum Gasteiger partial charge on any atom is -0.399 e. The monoisotopic (exact) mass is 235 g/mol. The topological polar surface area (TPSA) is 84.2 Å². The van der Waals surface area contributed by atoms with Gasteiger partial charge in [-0.3, -0.25) is 9.59 Å². The minimum atomic E-state index is -0.151. The van der Waals surface area contributed by atoms with Crippen LogP contribution in [0.15, 0.2) is 24.3 Å². The Balaban J connectivity index is 2.30. The zero-order chi connectivity index (χ0) is 12.7. The fourth-order valence-corrected chi connectivity index (χ4v) is 1.31. The van der Waals surface area contributed by atoms with E-state index in [2.05, 4.69) is 10.6 Å². The molecule has 17 heavy (non-hydrogen) atoms. The Labute approximate surface area is 100 Å². The normalized spacial score (nSPS) is 9.71. The molecule has 0 atom stereocenters. The van der Waals surface area contributed by atoms with Crippen LogP contribution in [-0.4, -0.2) is 25.4 Å². The molecule has 0 aliphatic carbocycles. The predicted octanol–water partition coefficient (Wildman–Crippen LogP) is 0.525. The number of anilines is 1. The third-order valence-corrected chi connectivity index (χ3v) is 2.32. The van der Waals surface area contributed by atoms with E-state index in [1.165, 1.54) is 0 Å². The molecule has 5 nitrogen and oxygen atoms in total. The average molecular weight is 235 g/mol. The van der Waals surface area contributed by atoms with Crippen molar-refractivity contribution >= 4 is 17.5 Å². The van der Waals surface area contributed by atoms with Gasteiger partial charge < -0.3 is 16.4 Å². The molecule has 0 radical (unpaired) electrons. The smallest absolute Gasteiger partial charge is 0.251 e. The highest BCUT2D eigenvalue weighted by molar-refractivity contribution is 5.94. The lowest BCUT2D eigenvalue weighted by Gasteiger charge is -2.05. The maximum absolute atomic E-state index is 11.6.